The van der Waals surface area contributed by atoms with Gasteiger partial charge in [-0.05, 0) is 172 Å². The molecule has 0 radical (unpaired) electrons. The number of piperidine rings is 2. The number of pyridine rings is 1. The van der Waals surface area contributed by atoms with Gasteiger partial charge in [-0.2, -0.15) is 0 Å². The fourth-order valence-corrected chi connectivity index (χ4v) is 11.8. The van der Waals surface area contributed by atoms with E-state index in [2.05, 4.69) is 92.8 Å². The van der Waals surface area contributed by atoms with Crippen LogP contribution in [0.15, 0.2) is 96.2 Å². The maximum Gasteiger partial charge on any atom is 0.249 e. The molecule has 3 unspecified atom stereocenters. The van der Waals surface area contributed by atoms with Crippen LogP contribution in [0, 0.1) is 17.7 Å². The van der Waals surface area contributed by atoms with Crippen molar-refractivity contribution in [2.75, 3.05) is 45.2 Å². The molecular formula is C58H66FN7O4. The molecule has 2 amide bonds. The number of benzene rings is 3. The number of nitrogens with one attached hydrogen (secondary N) is 3. The minimum Gasteiger partial charge on any atom is -0.377 e. The van der Waals surface area contributed by atoms with Gasteiger partial charge in [0.1, 0.15) is 24.3 Å². The van der Waals surface area contributed by atoms with Crippen molar-refractivity contribution in [3.63, 3.8) is 0 Å². The zero-order valence-corrected chi connectivity index (χ0v) is 40.9. The number of aromatic amines is 1. The minimum absolute atomic E-state index is 0.106. The molecule has 12 heteroatoms. The number of likely N-dealkylation sites (tertiary alicyclic amines) is 1. The second kappa shape index (κ2) is 21.1. The summed E-state index contributed by atoms with van der Waals surface area (Å²) in [5.41, 5.74) is 13.7. The number of allylic oxidation sites excluding steroid dienone is 2. The van der Waals surface area contributed by atoms with Crippen LogP contribution in [0.5, 0.6) is 0 Å². The summed E-state index contributed by atoms with van der Waals surface area (Å²) in [6.07, 6.45) is 17.9. The smallest absolute Gasteiger partial charge is 0.249 e. The molecule has 5 aromatic rings. The van der Waals surface area contributed by atoms with Crippen molar-refractivity contribution in [1.29, 1.82) is 0 Å². The SMILES string of the molecule is COCc1nc2ccc(-c3ccnc4c3C=C(C(C)N3CCC(c5ccc(C(=O)C=C6CCC(CN7CCC=C(c8ccc(NC9CCC(=O)NC9=O)cc8F)CC7)CC6)cc5)CC3)C(C)C4)cc2[nH]1. The highest BCUT2D eigenvalue weighted by Crippen LogP contribution is 2.39. The van der Waals surface area contributed by atoms with Crippen LogP contribution in [0.3, 0.4) is 0 Å². The van der Waals surface area contributed by atoms with Gasteiger partial charge in [0.15, 0.2) is 5.78 Å². The number of nitrogens with zero attached hydrogens (tertiary/aromatic N) is 4. The molecule has 70 heavy (non-hydrogen) atoms. The second-order valence-corrected chi connectivity index (χ2v) is 20.4. The zero-order chi connectivity index (χ0) is 48.3. The van der Waals surface area contributed by atoms with E-state index in [1.807, 2.05) is 30.5 Å². The zero-order valence-electron chi connectivity index (χ0n) is 40.9. The molecule has 5 aliphatic rings. The molecular weight excluding hydrogens is 878 g/mol. The Morgan fingerprint density at radius 2 is 1.74 bits per heavy atom. The van der Waals surface area contributed by atoms with Crippen molar-refractivity contribution in [3.8, 4) is 11.1 Å². The van der Waals surface area contributed by atoms with Gasteiger partial charge in [-0.1, -0.05) is 55.0 Å². The Balaban J connectivity index is 0.682. The number of ketones is 1. The third-order valence-corrected chi connectivity index (χ3v) is 15.8. The van der Waals surface area contributed by atoms with E-state index >= 15 is 4.39 Å². The van der Waals surface area contributed by atoms with Gasteiger partial charge in [0.05, 0.1) is 11.0 Å². The van der Waals surface area contributed by atoms with Crippen molar-refractivity contribution >= 4 is 46.0 Å². The van der Waals surface area contributed by atoms with E-state index in [4.69, 9.17) is 9.72 Å². The van der Waals surface area contributed by atoms with Gasteiger partial charge in [0, 0.05) is 73.5 Å². The first kappa shape index (κ1) is 47.6. The lowest BCUT2D eigenvalue weighted by atomic mass is 9.80. The number of hydrogen-bond acceptors (Lipinski definition) is 9. The fraction of sp³-hybridized carbons (Fsp3) is 0.431. The highest BCUT2D eigenvalue weighted by Gasteiger charge is 2.31. The summed E-state index contributed by atoms with van der Waals surface area (Å²) < 4.78 is 20.7. The third-order valence-electron chi connectivity index (χ3n) is 15.8. The van der Waals surface area contributed by atoms with Crippen LogP contribution >= 0.6 is 0 Å². The molecule has 0 bridgehead atoms. The monoisotopic (exact) mass is 944 g/mol. The Hall–Kier alpha value is -6.08. The maximum atomic E-state index is 15.4. The Morgan fingerprint density at radius 3 is 2.51 bits per heavy atom. The molecule has 3 aliphatic heterocycles. The standard InChI is InChI=1S/C58H66FN7O4/c1-36-29-53-49(46(20-24-60-53)44-14-17-51-54(31-44)63-56(62-51)35-70-3)33-48(36)37(2)66-27-22-41(23-28-66)40-10-12-43(13-11-40)55(67)30-38-6-8-39(9-7-38)34-65-25-4-5-42(21-26-65)47-16-15-45(32-50(47)59)61-52-18-19-57(68)64-58(52)69/h5,10-17,20,24,30-33,36-37,39,41,52,61H,4,6-9,18-19,21-23,25-29,34-35H2,1-3H3,(H,62,63)(H,64,68,69). The number of halogens is 1. The van der Waals surface area contributed by atoms with Crippen molar-refractivity contribution in [2.24, 2.45) is 11.8 Å². The summed E-state index contributed by atoms with van der Waals surface area (Å²) in [5, 5.41) is 5.42. The molecule has 2 aromatic heterocycles. The van der Waals surface area contributed by atoms with Gasteiger partial charge >= 0.3 is 0 Å². The van der Waals surface area contributed by atoms with Crippen LogP contribution in [-0.4, -0.2) is 94.3 Å². The van der Waals surface area contributed by atoms with Crippen LogP contribution in [0.2, 0.25) is 0 Å². The minimum atomic E-state index is -0.550. The number of carbonyl (C=O) groups is 3. The van der Waals surface area contributed by atoms with E-state index in [-0.39, 0.29) is 29.8 Å². The van der Waals surface area contributed by atoms with E-state index < -0.39 is 6.04 Å². The van der Waals surface area contributed by atoms with Crippen molar-refractivity contribution in [1.82, 2.24) is 30.1 Å². The van der Waals surface area contributed by atoms with Gasteiger partial charge in [0.2, 0.25) is 11.8 Å². The van der Waals surface area contributed by atoms with Gasteiger partial charge in [-0.3, -0.25) is 29.6 Å². The Kier molecular flexibility index (Phi) is 14.3. The molecule has 5 heterocycles. The molecule has 3 fully saturated rings. The summed E-state index contributed by atoms with van der Waals surface area (Å²) in [5.74, 6) is 1.45. The molecule has 2 saturated heterocycles. The first-order valence-corrected chi connectivity index (χ1v) is 25.6. The number of ether oxygens (including phenoxy) is 1. The van der Waals surface area contributed by atoms with Crippen LogP contribution in [0.4, 0.5) is 10.1 Å². The van der Waals surface area contributed by atoms with Crippen LogP contribution in [0.25, 0.3) is 33.8 Å². The molecule has 11 nitrogen and oxygen atoms in total. The summed E-state index contributed by atoms with van der Waals surface area (Å²) in [7, 11) is 1.68. The Morgan fingerprint density at radius 1 is 0.929 bits per heavy atom. The van der Waals surface area contributed by atoms with Crippen molar-refractivity contribution in [3.05, 3.63) is 136 Å². The molecule has 3 aromatic carbocycles. The predicted molar refractivity (Wildman–Crippen MR) is 275 cm³/mol. The van der Waals surface area contributed by atoms with Crippen LogP contribution in [0.1, 0.15) is 123 Å². The first-order chi connectivity index (χ1) is 34.0. The number of imide groups is 1. The lowest BCUT2D eigenvalue weighted by molar-refractivity contribution is -0.133. The lowest BCUT2D eigenvalue weighted by Gasteiger charge is -2.39. The number of imidazole rings is 1. The number of H-pyrrole nitrogens is 1. The number of rotatable bonds is 13. The Labute approximate surface area is 411 Å². The van der Waals surface area contributed by atoms with E-state index in [1.165, 1.54) is 33.9 Å². The Bertz CT molecular complexity index is 2850. The first-order valence-electron chi connectivity index (χ1n) is 25.6. The predicted octanol–water partition coefficient (Wildman–Crippen LogP) is 10.4. The largest absolute Gasteiger partial charge is 0.377 e. The molecule has 1 saturated carbocycles. The fourth-order valence-electron chi connectivity index (χ4n) is 11.8. The van der Waals surface area contributed by atoms with Gasteiger partial charge in [0.25, 0.3) is 0 Å². The number of methoxy groups -OCH3 is 1. The quantitative estimate of drug-likeness (QED) is 0.0600. The molecule has 364 valence electrons. The number of hydrogen-bond donors (Lipinski definition) is 3. The average molecular weight is 944 g/mol. The van der Waals surface area contributed by atoms with E-state index in [0.717, 1.165) is 130 Å². The molecule has 0 spiro atoms. The van der Waals surface area contributed by atoms with Gasteiger partial charge in [-0.15, -0.1) is 0 Å². The molecule has 3 atom stereocenters. The van der Waals surface area contributed by atoms with E-state index in [9.17, 15) is 14.4 Å². The highest BCUT2D eigenvalue weighted by molar-refractivity contribution is 6.05. The molecule has 10 rings (SSSR count). The topological polar surface area (TPSA) is 133 Å². The maximum absolute atomic E-state index is 15.4. The number of fused-ring (bicyclic) bond motifs is 2. The average Bonchev–Trinajstić information content (AvgIpc) is 3.63. The summed E-state index contributed by atoms with van der Waals surface area (Å²) in [6.45, 7) is 10.1. The van der Waals surface area contributed by atoms with E-state index in [1.54, 1.807) is 13.2 Å². The van der Waals surface area contributed by atoms with Crippen molar-refractivity contribution < 1.29 is 23.5 Å². The molecule has 3 N–H and O–H groups in total. The third kappa shape index (κ3) is 10.6. The van der Waals surface area contributed by atoms with Crippen LogP contribution < -0.4 is 10.6 Å². The number of aromatic nitrogens is 3. The highest BCUT2D eigenvalue weighted by atomic mass is 19.1. The summed E-state index contributed by atoms with van der Waals surface area (Å²) in [4.78, 5) is 55.3. The number of amides is 2. The normalized spacial score (nSPS) is 22.2. The molecule has 2 aliphatic carbocycles. The lowest BCUT2D eigenvalue weighted by Crippen LogP contribution is -2.47. The second-order valence-electron chi connectivity index (χ2n) is 20.4. The summed E-state index contributed by atoms with van der Waals surface area (Å²) >= 11 is 0. The van der Waals surface area contributed by atoms with Gasteiger partial charge < -0.3 is 19.9 Å². The van der Waals surface area contributed by atoms with Gasteiger partial charge in [-0.25, -0.2) is 9.37 Å². The number of carbonyl (C=O) groups excluding carboxylic acids is 3. The summed E-state index contributed by atoms with van der Waals surface area (Å²) in [6, 6.07) is 21.9. The van der Waals surface area contributed by atoms with E-state index in [0.29, 0.717) is 48.1 Å². The van der Waals surface area contributed by atoms with Crippen molar-refractivity contribution in [2.45, 2.75) is 109 Å². The van der Waals surface area contributed by atoms with Crippen LogP contribution in [-0.2, 0) is 27.4 Å². The number of anilines is 1.